The number of amides is 2. The van der Waals surface area contributed by atoms with Gasteiger partial charge in [0.1, 0.15) is 11.5 Å². The molecule has 3 rings (SSSR count). The average Bonchev–Trinajstić information content (AvgIpc) is 3.46. The second kappa shape index (κ2) is 7.88. The van der Waals surface area contributed by atoms with E-state index < -0.39 is 0 Å². The quantitative estimate of drug-likeness (QED) is 0.787. The third-order valence-corrected chi connectivity index (χ3v) is 4.97. The lowest BCUT2D eigenvalue weighted by Crippen LogP contribution is -2.20. The minimum Gasteiger partial charge on any atom is -0.497 e. The van der Waals surface area contributed by atoms with Gasteiger partial charge in [-0.05, 0) is 49.2 Å². The van der Waals surface area contributed by atoms with Gasteiger partial charge in [-0.3, -0.25) is 9.59 Å². The Hall–Kier alpha value is -2.73. The first-order valence-corrected chi connectivity index (χ1v) is 8.90. The molecule has 0 saturated heterocycles. The zero-order valence-corrected chi connectivity index (χ0v) is 16.1. The fraction of sp³-hybridized carbons (Fsp3) is 0.300. The van der Waals surface area contributed by atoms with Gasteiger partial charge in [0.05, 0.1) is 31.7 Å². The summed E-state index contributed by atoms with van der Waals surface area (Å²) in [6, 6.07) is 10.5. The van der Waals surface area contributed by atoms with Crippen molar-refractivity contribution in [2.75, 3.05) is 24.9 Å². The fourth-order valence-corrected chi connectivity index (χ4v) is 2.99. The van der Waals surface area contributed by atoms with Gasteiger partial charge in [-0.2, -0.15) is 0 Å². The molecule has 27 heavy (non-hydrogen) atoms. The first kappa shape index (κ1) is 19.0. The zero-order chi connectivity index (χ0) is 19.6. The van der Waals surface area contributed by atoms with Crippen LogP contribution in [-0.4, -0.2) is 26.0 Å². The van der Waals surface area contributed by atoms with E-state index in [4.69, 9.17) is 21.1 Å². The van der Waals surface area contributed by atoms with Crippen LogP contribution in [0.4, 0.5) is 11.4 Å². The number of nitrogens with one attached hydrogen (secondary N) is 2. The molecule has 2 N–H and O–H groups in total. The molecule has 7 heteroatoms. The molecule has 0 radical (unpaired) electrons. The molecule has 6 nitrogen and oxygen atoms in total. The first-order valence-electron chi connectivity index (χ1n) is 8.53. The standard InChI is InChI=1S/C20H21ClN2O4/c1-11-8-17(18(27-3)10-16(11)21)23-20(25)15-9-14(15)19(24)22-12-4-6-13(26-2)7-5-12/h4-8,10,14-15H,9H2,1-3H3,(H,22,24)(H,23,25). The summed E-state index contributed by atoms with van der Waals surface area (Å²) in [5.41, 5.74) is 2.05. The number of methoxy groups -OCH3 is 2. The molecular formula is C20H21ClN2O4. The van der Waals surface area contributed by atoms with E-state index >= 15 is 0 Å². The number of hydrogen-bond acceptors (Lipinski definition) is 4. The van der Waals surface area contributed by atoms with Gasteiger partial charge in [0.2, 0.25) is 11.8 Å². The normalized spacial score (nSPS) is 17.8. The van der Waals surface area contributed by atoms with E-state index in [1.807, 2.05) is 6.92 Å². The van der Waals surface area contributed by atoms with Gasteiger partial charge < -0.3 is 20.1 Å². The van der Waals surface area contributed by atoms with E-state index in [1.54, 1.807) is 43.5 Å². The summed E-state index contributed by atoms with van der Waals surface area (Å²) in [6.45, 7) is 1.85. The lowest BCUT2D eigenvalue weighted by molar-refractivity contribution is -0.122. The van der Waals surface area contributed by atoms with Crippen LogP contribution in [0, 0.1) is 18.8 Å². The third-order valence-electron chi connectivity index (χ3n) is 4.56. The molecule has 2 unspecified atom stereocenters. The molecule has 1 aliphatic rings. The summed E-state index contributed by atoms with van der Waals surface area (Å²) >= 11 is 6.08. The lowest BCUT2D eigenvalue weighted by atomic mass is 10.2. The monoisotopic (exact) mass is 388 g/mol. The molecule has 2 aromatic carbocycles. The Labute approximate surface area is 162 Å². The number of benzene rings is 2. The van der Waals surface area contributed by atoms with Crippen molar-refractivity contribution < 1.29 is 19.1 Å². The van der Waals surface area contributed by atoms with Gasteiger partial charge in [-0.25, -0.2) is 0 Å². The van der Waals surface area contributed by atoms with Gasteiger partial charge >= 0.3 is 0 Å². The van der Waals surface area contributed by atoms with Crippen molar-refractivity contribution in [1.29, 1.82) is 0 Å². The molecule has 1 aliphatic carbocycles. The van der Waals surface area contributed by atoms with Gasteiger partial charge in [-0.1, -0.05) is 11.6 Å². The molecular weight excluding hydrogens is 368 g/mol. The molecule has 0 heterocycles. The fourth-order valence-electron chi connectivity index (χ4n) is 2.84. The Morgan fingerprint density at radius 1 is 1.00 bits per heavy atom. The number of halogens is 1. The minimum atomic E-state index is -0.357. The van der Waals surface area contributed by atoms with Gasteiger partial charge in [0.15, 0.2) is 0 Å². The maximum absolute atomic E-state index is 12.5. The highest BCUT2D eigenvalue weighted by atomic mass is 35.5. The summed E-state index contributed by atoms with van der Waals surface area (Å²) in [6.07, 6.45) is 0.517. The summed E-state index contributed by atoms with van der Waals surface area (Å²) in [5, 5.41) is 6.23. The minimum absolute atomic E-state index is 0.167. The summed E-state index contributed by atoms with van der Waals surface area (Å²) in [5.74, 6) is 0.127. The van der Waals surface area contributed by atoms with E-state index in [1.165, 1.54) is 7.11 Å². The van der Waals surface area contributed by atoms with Crippen molar-refractivity contribution in [3.05, 3.63) is 47.0 Å². The molecule has 0 bridgehead atoms. The van der Waals surface area contributed by atoms with Crippen LogP contribution in [0.15, 0.2) is 36.4 Å². The smallest absolute Gasteiger partial charge is 0.228 e. The van der Waals surface area contributed by atoms with Crippen molar-refractivity contribution in [3.63, 3.8) is 0 Å². The number of carbonyl (C=O) groups excluding carboxylic acids is 2. The van der Waals surface area contributed by atoms with E-state index in [9.17, 15) is 9.59 Å². The maximum atomic E-state index is 12.5. The Balaban J connectivity index is 1.60. The second-order valence-electron chi connectivity index (χ2n) is 6.46. The van der Waals surface area contributed by atoms with Crippen molar-refractivity contribution in [1.82, 2.24) is 0 Å². The predicted octanol–water partition coefficient (Wildman–Crippen LogP) is 3.88. The maximum Gasteiger partial charge on any atom is 0.228 e. The molecule has 0 aliphatic heterocycles. The molecule has 2 atom stereocenters. The van der Waals surface area contributed by atoms with Crippen LogP contribution < -0.4 is 20.1 Å². The van der Waals surface area contributed by atoms with Crippen LogP contribution in [-0.2, 0) is 9.59 Å². The lowest BCUT2D eigenvalue weighted by Gasteiger charge is -2.12. The van der Waals surface area contributed by atoms with E-state index in [2.05, 4.69) is 10.6 Å². The number of anilines is 2. The van der Waals surface area contributed by atoms with E-state index in [0.29, 0.717) is 34.3 Å². The predicted molar refractivity (Wildman–Crippen MR) is 105 cm³/mol. The Morgan fingerprint density at radius 3 is 2.22 bits per heavy atom. The van der Waals surface area contributed by atoms with Crippen molar-refractivity contribution in [2.45, 2.75) is 13.3 Å². The number of aryl methyl sites for hydroxylation is 1. The highest BCUT2D eigenvalue weighted by Gasteiger charge is 2.48. The largest absolute Gasteiger partial charge is 0.497 e. The SMILES string of the molecule is COc1ccc(NC(=O)C2CC2C(=O)Nc2cc(C)c(Cl)cc2OC)cc1. The summed E-state index contributed by atoms with van der Waals surface area (Å²) < 4.78 is 10.4. The number of carbonyl (C=O) groups is 2. The van der Waals surface area contributed by atoms with Crippen LogP contribution in [0.5, 0.6) is 11.5 Å². The highest BCUT2D eigenvalue weighted by Crippen LogP contribution is 2.41. The molecule has 1 fully saturated rings. The average molecular weight is 389 g/mol. The summed E-state index contributed by atoms with van der Waals surface area (Å²) in [4.78, 5) is 24.8. The number of ether oxygens (including phenoxy) is 2. The topological polar surface area (TPSA) is 76.7 Å². The van der Waals surface area contributed by atoms with Gasteiger partial charge in [-0.15, -0.1) is 0 Å². The van der Waals surface area contributed by atoms with Crippen LogP contribution in [0.1, 0.15) is 12.0 Å². The number of hydrogen-bond donors (Lipinski definition) is 2. The molecule has 0 aromatic heterocycles. The van der Waals surface area contributed by atoms with Crippen molar-refractivity contribution in [3.8, 4) is 11.5 Å². The first-order chi connectivity index (χ1) is 12.9. The Kier molecular flexibility index (Phi) is 5.56. The molecule has 0 spiro atoms. The van der Waals surface area contributed by atoms with Crippen LogP contribution >= 0.6 is 11.6 Å². The van der Waals surface area contributed by atoms with Crippen LogP contribution in [0.3, 0.4) is 0 Å². The van der Waals surface area contributed by atoms with Crippen molar-refractivity contribution in [2.24, 2.45) is 11.8 Å². The van der Waals surface area contributed by atoms with E-state index in [0.717, 1.165) is 5.56 Å². The Morgan fingerprint density at radius 2 is 1.63 bits per heavy atom. The van der Waals surface area contributed by atoms with Gasteiger partial charge in [0, 0.05) is 16.8 Å². The number of rotatable bonds is 6. The zero-order valence-electron chi connectivity index (χ0n) is 15.3. The Bertz CT molecular complexity index is 867. The molecule has 142 valence electrons. The summed E-state index contributed by atoms with van der Waals surface area (Å²) in [7, 11) is 3.09. The van der Waals surface area contributed by atoms with Crippen LogP contribution in [0.25, 0.3) is 0 Å². The van der Waals surface area contributed by atoms with Crippen molar-refractivity contribution >= 4 is 34.8 Å². The molecule has 2 aromatic rings. The third kappa shape index (κ3) is 4.34. The van der Waals surface area contributed by atoms with E-state index in [-0.39, 0.29) is 23.7 Å². The van der Waals surface area contributed by atoms with Gasteiger partial charge in [0.25, 0.3) is 0 Å². The molecule has 1 saturated carbocycles. The molecule has 2 amide bonds. The highest BCUT2D eigenvalue weighted by molar-refractivity contribution is 6.31. The van der Waals surface area contributed by atoms with Crippen LogP contribution in [0.2, 0.25) is 5.02 Å². The second-order valence-corrected chi connectivity index (χ2v) is 6.86.